The number of carboxylic acids is 1. The van der Waals surface area contributed by atoms with Gasteiger partial charge in [0.25, 0.3) is 0 Å². The molecule has 5 nitrogen and oxygen atoms in total. The SMILES string of the molecule is CC(C)COC(=O)NCCCCCC(=O)O. The molecule has 0 saturated heterocycles. The minimum absolute atomic E-state index is 0.192. The van der Waals surface area contributed by atoms with Crippen molar-refractivity contribution in [1.82, 2.24) is 5.32 Å². The van der Waals surface area contributed by atoms with Crippen molar-refractivity contribution in [3.8, 4) is 0 Å². The molecule has 0 aliphatic carbocycles. The average molecular weight is 231 g/mol. The molecule has 0 aliphatic rings. The first-order chi connectivity index (χ1) is 7.52. The van der Waals surface area contributed by atoms with Gasteiger partial charge in [-0.2, -0.15) is 0 Å². The van der Waals surface area contributed by atoms with Gasteiger partial charge >= 0.3 is 12.1 Å². The molecule has 5 heteroatoms. The molecule has 0 saturated carbocycles. The van der Waals surface area contributed by atoms with Crippen LogP contribution >= 0.6 is 0 Å². The molecule has 0 aromatic carbocycles. The van der Waals surface area contributed by atoms with Crippen LogP contribution in [0.4, 0.5) is 4.79 Å². The fourth-order valence-corrected chi connectivity index (χ4v) is 1.06. The molecule has 0 aromatic rings. The van der Waals surface area contributed by atoms with Gasteiger partial charge in [0.1, 0.15) is 0 Å². The van der Waals surface area contributed by atoms with E-state index in [-0.39, 0.29) is 6.42 Å². The number of unbranched alkanes of at least 4 members (excludes halogenated alkanes) is 2. The van der Waals surface area contributed by atoms with Crippen LogP contribution in [0, 0.1) is 5.92 Å². The van der Waals surface area contributed by atoms with Crippen molar-refractivity contribution in [2.45, 2.75) is 39.5 Å². The van der Waals surface area contributed by atoms with Crippen LogP contribution in [-0.2, 0) is 9.53 Å². The second-order valence-electron chi connectivity index (χ2n) is 4.12. The molecule has 0 bridgehead atoms. The highest BCUT2D eigenvalue weighted by molar-refractivity contribution is 5.67. The van der Waals surface area contributed by atoms with E-state index >= 15 is 0 Å². The van der Waals surface area contributed by atoms with E-state index in [0.29, 0.717) is 25.5 Å². The summed E-state index contributed by atoms with van der Waals surface area (Å²) in [7, 11) is 0. The minimum atomic E-state index is -0.774. The molecule has 0 unspecified atom stereocenters. The number of amides is 1. The molecule has 0 spiro atoms. The van der Waals surface area contributed by atoms with Gasteiger partial charge in [0.15, 0.2) is 0 Å². The summed E-state index contributed by atoms with van der Waals surface area (Å²) in [6.45, 7) is 4.90. The van der Waals surface area contributed by atoms with Crippen LogP contribution in [0.2, 0.25) is 0 Å². The molecule has 0 atom stereocenters. The van der Waals surface area contributed by atoms with Crippen molar-refractivity contribution in [1.29, 1.82) is 0 Å². The lowest BCUT2D eigenvalue weighted by Gasteiger charge is -2.08. The Kier molecular flexibility index (Phi) is 8.29. The fourth-order valence-electron chi connectivity index (χ4n) is 1.06. The molecule has 94 valence electrons. The van der Waals surface area contributed by atoms with Crippen LogP contribution in [-0.4, -0.2) is 30.3 Å². The first-order valence-corrected chi connectivity index (χ1v) is 5.64. The normalized spacial score (nSPS) is 10.2. The largest absolute Gasteiger partial charge is 0.481 e. The molecule has 0 rings (SSSR count). The summed E-state index contributed by atoms with van der Waals surface area (Å²) in [5.74, 6) is -0.439. The smallest absolute Gasteiger partial charge is 0.407 e. The van der Waals surface area contributed by atoms with Crippen LogP contribution < -0.4 is 5.32 Å². The van der Waals surface area contributed by atoms with Gasteiger partial charge in [0.2, 0.25) is 0 Å². The van der Waals surface area contributed by atoms with Crippen LogP contribution in [0.3, 0.4) is 0 Å². The van der Waals surface area contributed by atoms with Crippen molar-refractivity contribution in [3.63, 3.8) is 0 Å². The number of rotatable bonds is 8. The van der Waals surface area contributed by atoms with Crippen LogP contribution in [0.5, 0.6) is 0 Å². The van der Waals surface area contributed by atoms with E-state index in [1.54, 1.807) is 0 Å². The number of carbonyl (C=O) groups excluding carboxylic acids is 1. The lowest BCUT2D eigenvalue weighted by molar-refractivity contribution is -0.137. The molecule has 2 N–H and O–H groups in total. The zero-order valence-corrected chi connectivity index (χ0v) is 9.99. The van der Waals surface area contributed by atoms with E-state index in [0.717, 1.165) is 12.8 Å². The second kappa shape index (κ2) is 9.00. The van der Waals surface area contributed by atoms with E-state index in [4.69, 9.17) is 9.84 Å². The van der Waals surface area contributed by atoms with Crippen molar-refractivity contribution in [2.24, 2.45) is 5.92 Å². The van der Waals surface area contributed by atoms with Crippen molar-refractivity contribution < 1.29 is 19.4 Å². The van der Waals surface area contributed by atoms with Crippen molar-refractivity contribution >= 4 is 12.1 Å². The summed E-state index contributed by atoms with van der Waals surface area (Å²) in [4.78, 5) is 21.3. The minimum Gasteiger partial charge on any atom is -0.481 e. The van der Waals surface area contributed by atoms with Gasteiger partial charge in [0, 0.05) is 13.0 Å². The highest BCUT2D eigenvalue weighted by Crippen LogP contribution is 1.99. The Balaban J connectivity index is 3.24. The monoisotopic (exact) mass is 231 g/mol. The lowest BCUT2D eigenvalue weighted by atomic mass is 10.2. The van der Waals surface area contributed by atoms with E-state index in [2.05, 4.69) is 5.32 Å². The molecule has 0 radical (unpaired) electrons. The zero-order chi connectivity index (χ0) is 12.4. The molecular weight excluding hydrogens is 210 g/mol. The molecule has 1 amide bonds. The van der Waals surface area contributed by atoms with E-state index < -0.39 is 12.1 Å². The average Bonchev–Trinajstić information content (AvgIpc) is 2.19. The van der Waals surface area contributed by atoms with E-state index in [1.807, 2.05) is 13.8 Å². The Hall–Kier alpha value is -1.26. The third-order valence-corrected chi connectivity index (χ3v) is 1.88. The van der Waals surface area contributed by atoms with E-state index in [1.165, 1.54) is 0 Å². The molecule has 0 aliphatic heterocycles. The highest BCUT2D eigenvalue weighted by Gasteiger charge is 2.02. The zero-order valence-electron chi connectivity index (χ0n) is 9.99. The van der Waals surface area contributed by atoms with Gasteiger partial charge in [-0.3, -0.25) is 4.79 Å². The summed E-state index contributed by atoms with van der Waals surface area (Å²) in [6.07, 6.45) is 2.03. The Morgan fingerprint density at radius 3 is 2.50 bits per heavy atom. The fraction of sp³-hybridized carbons (Fsp3) is 0.818. The molecular formula is C11H21NO4. The van der Waals surface area contributed by atoms with Gasteiger partial charge < -0.3 is 15.2 Å². The molecule has 0 heterocycles. The Morgan fingerprint density at radius 2 is 1.94 bits per heavy atom. The van der Waals surface area contributed by atoms with Gasteiger partial charge in [-0.1, -0.05) is 20.3 Å². The summed E-state index contributed by atoms with van der Waals surface area (Å²) in [5, 5.41) is 11.0. The van der Waals surface area contributed by atoms with Gasteiger partial charge in [-0.15, -0.1) is 0 Å². The molecule has 0 aromatic heterocycles. The maximum atomic E-state index is 11.1. The third kappa shape index (κ3) is 10.8. The number of nitrogens with one attached hydrogen (secondary N) is 1. The third-order valence-electron chi connectivity index (χ3n) is 1.88. The van der Waals surface area contributed by atoms with Crippen LogP contribution in [0.1, 0.15) is 39.5 Å². The summed E-state index contributed by atoms with van der Waals surface area (Å²) >= 11 is 0. The van der Waals surface area contributed by atoms with Gasteiger partial charge in [0.05, 0.1) is 6.61 Å². The Morgan fingerprint density at radius 1 is 1.25 bits per heavy atom. The number of hydrogen-bond donors (Lipinski definition) is 2. The molecule has 16 heavy (non-hydrogen) atoms. The number of aliphatic carboxylic acids is 1. The number of carboxylic acid groups (broad SMARTS) is 1. The van der Waals surface area contributed by atoms with Crippen LogP contribution in [0.15, 0.2) is 0 Å². The number of ether oxygens (including phenoxy) is 1. The predicted molar refractivity (Wildman–Crippen MR) is 60.3 cm³/mol. The Labute approximate surface area is 96.2 Å². The van der Waals surface area contributed by atoms with Crippen LogP contribution in [0.25, 0.3) is 0 Å². The second-order valence-corrected chi connectivity index (χ2v) is 4.12. The van der Waals surface area contributed by atoms with Gasteiger partial charge in [-0.25, -0.2) is 4.79 Å². The number of alkyl carbamates (subject to hydrolysis) is 1. The number of carbonyl (C=O) groups is 2. The molecule has 0 fully saturated rings. The van der Waals surface area contributed by atoms with Crippen molar-refractivity contribution in [3.05, 3.63) is 0 Å². The summed E-state index contributed by atoms with van der Waals surface area (Å²) in [6, 6.07) is 0. The predicted octanol–water partition coefficient (Wildman–Crippen LogP) is 2.01. The number of hydrogen-bond acceptors (Lipinski definition) is 3. The summed E-state index contributed by atoms with van der Waals surface area (Å²) < 4.78 is 4.90. The maximum Gasteiger partial charge on any atom is 0.407 e. The first-order valence-electron chi connectivity index (χ1n) is 5.64. The van der Waals surface area contributed by atoms with Crippen molar-refractivity contribution in [2.75, 3.05) is 13.2 Å². The van der Waals surface area contributed by atoms with Gasteiger partial charge in [-0.05, 0) is 18.8 Å². The quantitative estimate of drug-likeness (QED) is 0.626. The lowest BCUT2D eigenvalue weighted by Crippen LogP contribution is -2.26. The summed E-state index contributed by atoms with van der Waals surface area (Å²) in [5.41, 5.74) is 0. The maximum absolute atomic E-state index is 11.1. The standard InChI is InChI=1S/C11H21NO4/c1-9(2)8-16-11(15)12-7-5-3-4-6-10(13)14/h9H,3-8H2,1-2H3,(H,12,15)(H,13,14). The first kappa shape index (κ1) is 14.7. The Bertz CT molecular complexity index is 216. The topological polar surface area (TPSA) is 75.6 Å². The van der Waals surface area contributed by atoms with E-state index in [9.17, 15) is 9.59 Å². The highest BCUT2D eigenvalue weighted by atomic mass is 16.5.